The van der Waals surface area contributed by atoms with Crippen molar-refractivity contribution in [1.29, 1.82) is 0 Å². The highest BCUT2D eigenvalue weighted by atomic mass is 32.2. The van der Waals surface area contributed by atoms with Crippen LogP contribution in [0.2, 0.25) is 0 Å². The Bertz CT molecular complexity index is 2880. The van der Waals surface area contributed by atoms with Gasteiger partial charge >= 0.3 is 5.97 Å². The highest BCUT2D eigenvalue weighted by Gasteiger charge is 2.50. The Morgan fingerprint density at radius 2 is 1.42 bits per heavy atom. The molecule has 0 bridgehead atoms. The summed E-state index contributed by atoms with van der Waals surface area (Å²) in [7, 11) is -8.70. The number of aromatic nitrogens is 1. The standard InChI is InChI=1S/C50H69N3O15S3/c1-47(2,3)67-32-28-48(4,5)52-41-24-22-37(71(62,63)66-10)35-39(41)49(6,27-17-33-69(57,58)65-9)43(52)19-14-11-13-18-42-50(7,29-31-64-8)38-34-36(70(59,60)61)21-23-40(38)51(42)30-16-12-15-20-46(56)68-53-44(54)25-26-45(53)55/h11,13-14,18-19,21-26,34-35H,12,15-17,20,27-33H2,1-10H3,(H2-,54,55,59,60,61)/p+1. The van der Waals surface area contributed by atoms with E-state index in [1.807, 2.05) is 65.0 Å². The Kier molecular flexibility index (Phi) is 18.1. The first-order valence-electron chi connectivity index (χ1n) is 23.4. The average Bonchev–Trinajstić information content (AvgIpc) is 3.83. The molecule has 0 saturated heterocycles. The summed E-state index contributed by atoms with van der Waals surface area (Å²) in [6.07, 6.45) is 12.6. The molecule has 2 unspecified atom stereocenters. The van der Waals surface area contributed by atoms with Gasteiger partial charge in [0.05, 0.1) is 40.8 Å². The van der Waals surface area contributed by atoms with Crippen LogP contribution in [0.4, 0.5) is 11.4 Å². The van der Waals surface area contributed by atoms with E-state index in [0.29, 0.717) is 74.1 Å². The van der Waals surface area contributed by atoms with Crippen molar-refractivity contribution in [2.75, 3.05) is 51.7 Å². The molecule has 3 N–H and O–H groups in total. The summed E-state index contributed by atoms with van der Waals surface area (Å²) in [4.78, 5) is 19.5. The van der Waals surface area contributed by atoms with Crippen LogP contribution < -0.4 is 9.74 Å². The summed E-state index contributed by atoms with van der Waals surface area (Å²) >= 11 is 0. The lowest BCUT2D eigenvalue weighted by Gasteiger charge is -2.41. The highest BCUT2D eigenvalue weighted by molar-refractivity contribution is 7.87. The molecule has 3 aromatic rings. The van der Waals surface area contributed by atoms with Gasteiger partial charge in [-0.2, -0.15) is 29.8 Å². The largest absolute Gasteiger partial charge is 0.492 e. The lowest BCUT2D eigenvalue weighted by molar-refractivity contribution is -0.438. The Morgan fingerprint density at radius 1 is 0.761 bits per heavy atom. The van der Waals surface area contributed by atoms with Crippen LogP contribution in [0.15, 0.2) is 94.4 Å². The van der Waals surface area contributed by atoms with Gasteiger partial charge in [0.1, 0.15) is 6.54 Å². The van der Waals surface area contributed by atoms with Crippen molar-refractivity contribution >= 4 is 53.4 Å². The molecule has 0 saturated carbocycles. The number of allylic oxidation sites excluding steroid dienone is 6. The average molecular weight is 1050 g/mol. The number of fused-ring (bicyclic) bond motifs is 2. The molecule has 392 valence electrons. The van der Waals surface area contributed by atoms with E-state index in [4.69, 9.17) is 22.7 Å². The van der Waals surface area contributed by atoms with E-state index in [9.17, 15) is 44.8 Å². The molecular formula is C50H70N3O15S3+. The Morgan fingerprint density at radius 3 is 2.04 bits per heavy atom. The number of methoxy groups -OCH3 is 1. The summed E-state index contributed by atoms with van der Waals surface area (Å²) in [5, 5.41) is 19.7. The Balaban J connectivity index is 1.57. The zero-order valence-corrected chi connectivity index (χ0v) is 44.7. The number of nitrogens with zero attached hydrogens (tertiary/aromatic N) is 3. The molecule has 2 aromatic carbocycles. The molecule has 2 aliphatic heterocycles. The van der Waals surface area contributed by atoms with Gasteiger partial charge in [0.15, 0.2) is 5.71 Å². The molecule has 3 heterocycles. The molecule has 0 aliphatic carbocycles. The number of hydrogen-bond acceptors (Lipinski definition) is 15. The second kappa shape index (κ2) is 22.5. The second-order valence-corrected chi connectivity index (χ2v) is 24.7. The van der Waals surface area contributed by atoms with Gasteiger partial charge in [-0.05, 0) is 129 Å². The normalized spacial score (nSPS) is 19.4. The van der Waals surface area contributed by atoms with Crippen molar-refractivity contribution in [3.8, 4) is 11.8 Å². The first-order chi connectivity index (χ1) is 33.0. The predicted molar refractivity (Wildman–Crippen MR) is 269 cm³/mol. The van der Waals surface area contributed by atoms with Crippen LogP contribution in [0.25, 0.3) is 0 Å². The van der Waals surface area contributed by atoms with E-state index in [-0.39, 0.29) is 28.4 Å². The quantitative estimate of drug-likeness (QED) is 0.0243. The summed E-state index contributed by atoms with van der Waals surface area (Å²) < 4.78 is 111. The number of carbonyl (C=O) groups excluding carboxylic acids is 1. The highest BCUT2D eigenvalue weighted by Crippen LogP contribution is 2.54. The van der Waals surface area contributed by atoms with Crippen molar-refractivity contribution in [3.05, 3.63) is 95.7 Å². The summed E-state index contributed by atoms with van der Waals surface area (Å²) in [6.45, 7) is 15.2. The van der Waals surface area contributed by atoms with Gasteiger partial charge in [0.25, 0.3) is 30.4 Å². The van der Waals surface area contributed by atoms with Crippen molar-refractivity contribution < 1.29 is 72.1 Å². The maximum Gasteiger partial charge on any atom is 0.333 e. The number of benzene rings is 2. The third-order valence-corrected chi connectivity index (χ3v) is 16.5. The molecule has 18 nitrogen and oxygen atoms in total. The SMILES string of the molecule is COCCC1(C)C(C=CC=CC=C2N(C(C)(C)CCOC(C)(C)C)c3ccc(S(=O)(=O)OC)cc3C2(C)CCCS(=O)(=O)OC)=[N+](CCCCCC(=O)On2c(O)ccc2O)c2ccc(S(=O)(=O)O)cc21. The fourth-order valence-corrected chi connectivity index (χ4v) is 11.1. The van der Waals surface area contributed by atoms with E-state index < -0.39 is 70.1 Å². The van der Waals surface area contributed by atoms with E-state index in [2.05, 4.69) is 23.3 Å². The molecule has 21 heteroatoms. The summed E-state index contributed by atoms with van der Waals surface area (Å²) in [5.41, 5.74) is 1.70. The van der Waals surface area contributed by atoms with Crippen molar-refractivity contribution in [1.82, 2.24) is 4.73 Å². The molecule has 0 amide bonds. The van der Waals surface area contributed by atoms with Crippen LogP contribution >= 0.6 is 0 Å². The van der Waals surface area contributed by atoms with E-state index in [1.165, 1.54) is 30.3 Å². The first-order valence-corrected chi connectivity index (χ1v) is 27.8. The molecule has 2 aliphatic rings. The third kappa shape index (κ3) is 13.4. The van der Waals surface area contributed by atoms with Gasteiger partial charge in [-0.1, -0.05) is 18.2 Å². The van der Waals surface area contributed by atoms with Gasteiger partial charge < -0.3 is 29.4 Å². The minimum atomic E-state index is -4.56. The molecule has 0 fully saturated rings. The number of ether oxygens (including phenoxy) is 2. The summed E-state index contributed by atoms with van der Waals surface area (Å²) in [6, 6.07) is 11.8. The van der Waals surface area contributed by atoms with Gasteiger partial charge in [-0.3, -0.25) is 12.9 Å². The number of carbonyl (C=O) groups is 1. The maximum absolute atomic E-state index is 13.1. The first kappa shape index (κ1) is 57.0. The van der Waals surface area contributed by atoms with Gasteiger partial charge in [0, 0.05) is 85.3 Å². The molecule has 0 radical (unpaired) electrons. The van der Waals surface area contributed by atoms with Gasteiger partial charge in [-0.25, -0.2) is 4.79 Å². The number of unbranched alkanes of at least 4 members (excludes halogenated alkanes) is 2. The van der Waals surface area contributed by atoms with Crippen LogP contribution in [-0.4, -0.2) is 119 Å². The van der Waals surface area contributed by atoms with Gasteiger partial charge in [-0.15, -0.1) is 4.73 Å². The monoisotopic (exact) mass is 1050 g/mol. The van der Waals surface area contributed by atoms with Crippen LogP contribution in [0, 0.1) is 0 Å². The van der Waals surface area contributed by atoms with E-state index >= 15 is 0 Å². The second-order valence-electron chi connectivity index (χ2n) is 19.7. The van der Waals surface area contributed by atoms with E-state index in [1.54, 1.807) is 25.3 Å². The fraction of sp³-hybridized carbons (Fsp3) is 0.520. The smallest absolute Gasteiger partial charge is 0.333 e. The van der Waals surface area contributed by atoms with Gasteiger partial charge in [0.2, 0.25) is 17.4 Å². The fourth-order valence-electron chi connectivity index (χ4n) is 9.21. The van der Waals surface area contributed by atoms with Crippen LogP contribution in [0.1, 0.15) is 111 Å². The van der Waals surface area contributed by atoms with Crippen molar-refractivity contribution in [2.24, 2.45) is 0 Å². The Labute approximate surface area is 419 Å². The minimum absolute atomic E-state index is 0.0107. The maximum atomic E-state index is 13.1. The summed E-state index contributed by atoms with van der Waals surface area (Å²) in [5.74, 6) is -1.75. The van der Waals surface area contributed by atoms with E-state index in [0.717, 1.165) is 37.0 Å². The van der Waals surface area contributed by atoms with Crippen LogP contribution in [0.3, 0.4) is 0 Å². The molecular weight excluding hydrogens is 979 g/mol. The molecule has 71 heavy (non-hydrogen) atoms. The number of aromatic hydroxyl groups is 2. The lowest BCUT2D eigenvalue weighted by atomic mass is 9.76. The molecule has 5 rings (SSSR count). The molecule has 1 aromatic heterocycles. The zero-order chi connectivity index (χ0) is 52.8. The lowest BCUT2D eigenvalue weighted by Crippen LogP contribution is -2.45. The zero-order valence-electron chi connectivity index (χ0n) is 42.3. The molecule has 2 atom stereocenters. The van der Waals surface area contributed by atoms with Crippen molar-refractivity contribution in [3.63, 3.8) is 0 Å². The minimum Gasteiger partial charge on any atom is -0.492 e. The number of anilines is 1. The Hall–Kier alpha value is -4.87. The number of rotatable bonds is 25. The topological polar surface area (TPSA) is 238 Å². The predicted octanol–water partition coefficient (Wildman–Crippen LogP) is 7.60. The van der Waals surface area contributed by atoms with Crippen LogP contribution in [0.5, 0.6) is 11.8 Å². The van der Waals surface area contributed by atoms with Crippen molar-refractivity contribution in [2.45, 2.75) is 132 Å². The number of hydrogen-bond donors (Lipinski definition) is 3. The molecule has 0 spiro atoms. The third-order valence-electron chi connectivity index (χ3n) is 13.1. The van der Waals surface area contributed by atoms with Crippen LogP contribution in [-0.2, 0) is 63.8 Å².